The standard InChI is InChI=1S/C10H9BrO3/c1-3-10(12)14-9(11)6-8-5-4-7(2)13-8/h1,4-5,9H,6H2,2H3. The highest BCUT2D eigenvalue weighted by atomic mass is 79.9. The van der Waals surface area contributed by atoms with Crippen molar-refractivity contribution in [1.82, 2.24) is 0 Å². The van der Waals surface area contributed by atoms with Gasteiger partial charge in [-0.3, -0.25) is 0 Å². The molecule has 0 amide bonds. The molecule has 0 spiro atoms. The fourth-order valence-corrected chi connectivity index (χ4v) is 1.43. The number of esters is 1. The normalized spacial score (nSPS) is 11.8. The van der Waals surface area contributed by atoms with E-state index in [-0.39, 0.29) is 0 Å². The highest BCUT2D eigenvalue weighted by Crippen LogP contribution is 2.14. The third kappa shape index (κ3) is 3.27. The number of hydrogen-bond acceptors (Lipinski definition) is 3. The van der Waals surface area contributed by atoms with Gasteiger partial charge in [-0.25, -0.2) is 4.79 Å². The highest BCUT2D eigenvalue weighted by Gasteiger charge is 2.11. The Balaban J connectivity index is 2.46. The fourth-order valence-electron chi connectivity index (χ4n) is 0.945. The summed E-state index contributed by atoms with van der Waals surface area (Å²) in [5.41, 5.74) is 0. The second kappa shape index (κ2) is 4.87. The van der Waals surface area contributed by atoms with E-state index < -0.39 is 11.0 Å². The van der Waals surface area contributed by atoms with E-state index in [0.29, 0.717) is 6.42 Å². The number of aryl methyl sites for hydroxylation is 1. The van der Waals surface area contributed by atoms with Crippen molar-refractivity contribution in [3.63, 3.8) is 0 Å². The molecule has 14 heavy (non-hydrogen) atoms. The number of rotatable bonds is 3. The Hall–Kier alpha value is -1.21. The van der Waals surface area contributed by atoms with Crippen LogP contribution in [0.1, 0.15) is 11.5 Å². The molecule has 0 aliphatic heterocycles. The summed E-state index contributed by atoms with van der Waals surface area (Å²) in [6, 6.07) is 3.67. The number of furan rings is 1. The van der Waals surface area contributed by atoms with Crippen LogP contribution in [0.2, 0.25) is 0 Å². The van der Waals surface area contributed by atoms with Crippen LogP contribution in [-0.4, -0.2) is 11.0 Å². The molecule has 0 saturated carbocycles. The van der Waals surface area contributed by atoms with Gasteiger partial charge in [-0.15, -0.1) is 6.42 Å². The number of carbonyl (C=O) groups excluding carboxylic acids is 1. The summed E-state index contributed by atoms with van der Waals surface area (Å²) in [6.07, 6.45) is 5.31. The molecule has 0 aliphatic rings. The predicted octanol–water partition coefficient (Wildman–Crippen LogP) is 2.03. The van der Waals surface area contributed by atoms with Gasteiger partial charge in [-0.2, -0.15) is 0 Å². The number of halogens is 1. The Morgan fingerprint density at radius 1 is 1.79 bits per heavy atom. The average Bonchev–Trinajstić information content (AvgIpc) is 2.50. The molecular weight excluding hydrogens is 248 g/mol. The van der Waals surface area contributed by atoms with Crippen molar-refractivity contribution in [2.45, 2.75) is 18.4 Å². The monoisotopic (exact) mass is 256 g/mol. The van der Waals surface area contributed by atoms with Gasteiger partial charge in [-0.05, 0) is 35.0 Å². The Morgan fingerprint density at radius 2 is 2.50 bits per heavy atom. The van der Waals surface area contributed by atoms with E-state index in [0.717, 1.165) is 11.5 Å². The quantitative estimate of drug-likeness (QED) is 0.360. The highest BCUT2D eigenvalue weighted by molar-refractivity contribution is 9.09. The molecule has 74 valence electrons. The fraction of sp³-hybridized carbons (Fsp3) is 0.300. The van der Waals surface area contributed by atoms with Crippen LogP contribution in [-0.2, 0) is 16.0 Å². The SMILES string of the molecule is C#CC(=O)OC(Br)Cc1ccc(C)o1. The number of carbonyl (C=O) groups is 1. The Bertz CT molecular complexity index is 362. The van der Waals surface area contributed by atoms with E-state index in [1.165, 1.54) is 0 Å². The zero-order valence-corrected chi connectivity index (χ0v) is 9.21. The van der Waals surface area contributed by atoms with Crippen LogP contribution in [0.5, 0.6) is 0 Å². The molecule has 1 aromatic heterocycles. The minimum Gasteiger partial charge on any atom is -0.466 e. The third-order valence-corrected chi connectivity index (χ3v) is 2.02. The van der Waals surface area contributed by atoms with Crippen molar-refractivity contribution >= 4 is 21.9 Å². The maximum atomic E-state index is 10.7. The number of ether oxygens (including phenoxy) is 1. The summed E-state index contributed by atoms with van der Waals surface area (Å²) < 4.78 is 10.1. The van der Waals surface area contributed by atoms with Gasteiger partial charge in [0.2, 0.25) is 0 Å². The number of hydrogen-bond donors (Lipinski definition) is 0. The van der Waals surface area contributed by atoms with E-state index in [1.54, 1.807) is 0 Å². The smallest absolute Gasteiger partial charge is 0.385 e. The van der Waals surface area contributed by atoms with Gasteiger partial charge in [0.15, 0.2) is 5.01 Å². The van der Waals surface area contributed by atoms with Crippen LogP contribution in [0, 0.1) is 19.3 Å². The van der Waals surface area contributed by atoms with Gasteiger partial charge in [0.05, 0.1) is 6.42 Å². The van der Waals surface area contributed by atoms with Crippen molar-refractivity contribution in [2.75, 3.05) is 0 Å². The van der Waals surface area contributed by atoms with Crippen molar-refractivity contribution < 1.29 is 13.9 Å². The van der Waals surface area contributed by atoms with Crippen molar-refractivity contribution in [1.29, 1.82) is 0 Å². The maximum Gasteiger partial charge on any atom is 0.385 e. The first kappa shape index (κ1) is 10.9. The molecule has 1 rings (SSSR count). The number of alkyl halides is 1. The lowest BCUT2D eigenvalue weighted by Crippen LogP contribution is -2.12. The first-order chi connectivity index (χ1) is 6.61. The van der Waals surface area contributed by atoms with Gasteiger partial charge in [0.1, 0.15) is 11.5 Å². The van der Waals surface area contributed by atoms with Crippen LogP contribution in [0.15, 0.2) is 16.5 Å². The van der Waals surface area contributed by atoms with Gasteiger partial charge < -0.3 is 9.15 Å². The summed E-state index contributed by atoms with van der Waals surface area (Å²) in [6.45, 7) is 1.85. The van der Waals surface area contributed by atoms with Crippen molar-refractivity contribution in [3.8, 4) is 12.3 Å². The summed E-state index contributed by atoms with van der Waals surface area (Å²) in [4.78, 5) is 10.7. The molecule has 0 radical (unpaired) electrons. The second-order valence-electron chi connectivity index (χ2n) is 2.68. The van der Waals surface area contributed by atoms with Crippen molar-refractivity contribution in [3.05, 3.63) is 23.7 Å². The molecule has 1 aromatic rings. The summed E-state index contributed by atoms with van der Waals surface area (Å²) in [5, 5.41) is -0.448. The Kier molecular flexibility index (Phi) is 3.78. The molecular formula is C10H9BrO3. The lowest BCUT2D eigenvalue weighted by Gasteiger charge is -2.06. The van der Waals surface area contributed by atoms with E-state index in [2.05, 4.69) is 15.9 Å². The maximum absolute atomic E-state index is 10.7. The average molecular weight is 257 g/mol. The topological polar surface area (TPSA) is 39.4 Å². The molecule has 1 atom stereocenters. The predicted molar refractivity (Wildman–Crippen MR) is 54.8 cm³/mol. The molecule has 4 heteroatoms. The molecule has 0 saturated heterocycles. The molecule has 0 N–H and O–H groups in total. The molecule has 0 aliphatic carbocycles. The van der Waals surface area contributed by atoms with E-state index in [4.69, 9.17) is 15.6 Å². The Morgan fingerprint density at radius 3 is 3.00 bits per heavy atom. The van der Waals surface area contributed by atoms with E-state index >= 15 is 0 Å². The van der Waals surface area contributed by atoms with Gasteiger partial charge in [-0.1, -0.05) is 0 Å². The summed E-state index contributed by atoms with van der Waals surface area (Å²) >= 11 is 3.17. The molecule has 0 aromatic carbocycles. The molecule has 3 nitrogen and oxygen atoms in total. The molecule has 0 bridgehead atoms. The second-order valence-corrected chi connectivity index (χ2v) is 3.70. The Labute approximate surface area is 90.6 Å². The zero-order chi connectivity index (χ0) is 10.6. The number of terminal acetylenes is 1. The minimum atomic E-state index is -0.685. The first-order valence-corrected chi connectivity index (χ1v) is 4.90. The van der Waals surface area contributed by atoms with E-state index in [9.17, 15) is 4.79 Å². The van der Waals surface area contributed by atoms with Gasteiger partial charge >= 0.3 is 5.97 Å². The van der Waals surface area contributed by atoms with E-state index in [1.807, 2.05) is 25.0 Å². The molecule has 1 unspecified atom stereocenters. The third-order valence-electron chi connectivity index (χ3n) is 1.51. The van der Waals surface area contributed by atoms with Gasteiger partial charge in [0.25, 0.3) is 0 Å². The van der Waals surface area contributed by atoms with Gasteiger partial charge in [0, 0.05) is 5.92 Å². The summed E-state index contributed by atoms with van der Waals surface area (Å²) in [5.74, 6) is 2.75. The molecule has 0 fully saturated rings. The lowest BCUT2D eigenvalue weighted by molar-refractivity contribution is -0.137. The van der Waals surface area contributed by atoms with Crippen LogP contribution < -0.4 is 0 Å². The summed E-state index contributed by atoms with van der Waals surface area (Å²) in [7, 11) is 0. The van der Waals surface area contributed by atoms with Crippen LogP contribution >= 0.6 is 15.9 Å². The van der Waals surface area contributed by atoms with Crippen LogP contribution in [0.25, 0.3) is 0 Å². The largest absolute Gasteiger partial charge is 0.466 e. The van der Waals surface area contributed by atoms with Crippen LogP contribution in [0.3, 0.4) is 0 Å². The zero-order valence-electron chi connectivity index (χ0n) is 7.62. The molecule has 1 heterocycles. The van der Waals surface area contributed by atoms with Crippen LogP contribution in [0.4, 0.5) is 0 Å². The first-order valence-electron chi connectivity index (χ1n) is 3.98. The lowest BCUT2D eigenvalue weighted by atomic mass is 10.3. The minimum absolute atomic E-state index is 0.448. The van der Waals surface area contributed by atoms with Crippen molar-refractivity contribution in [2.24, 2.45) is 0 Å².